The van der Waals surface area contributed by atoms with Gasteiger partial charge in [-0.15, -0.1) is 22.7 Å². The standard InChI is InChI=1S/C55H32N6S2/c1-4-16-33(17-5-1)48-51-49(38-23-11-13-28-45(38)62-51)57-54(56-48)40-25-15-29-46-47(40)39-24-14-26-41(50(39)63-46)55-59-52(34-18-6-2-7-19-34)58-53(60-55)35-30-31-44-42(32-35)37-22-10-12-27-43(37)61(44)36-20-8-3-9-21-36/h1-32H. The lowest BCUT2D eigenvalue weighted by molar-refractivity contribution is 1.08. The van der Waals surface area contributed by atoms with Gasteiger partial charge in [-0.1, -0.05) is 140 Å². The van der Waals surface area contributed by atoms with Crippen molar-refractivity contribution in [1.29, 1.82) is 0 Å². The van der Waals surface area contributed by atoms with Gasteiger partial charge in [0.15, 0.2) is 23.3 Å². The van der Waals surface area contributed by atoms with Gasteiger partial charge in [-0.2, -0.15) is 0 Å². The number of para-hydroxylation sites is 2. The first-order valence-electron chi connectivity index (χ1n) is 20.8. The summed E-state index contributed by atoms with van der Waals surface area (Å²) in [5, 5.41) is 5.69. The second-order valence-electron chi connectivity index (χ2n) is 15.6. The van der Waals surface area contributed by atoms with Crippen LogP contribution < -0.4 is 0 Å². The van der Waals surface area contributed by atoms with Gasteiger partial charge in [0, 0.05) is 74.5 Å². The number of fused-ring (bicyclic) bond motifs is 9. The zero-order chi connectivity index (χ0) is 41.4. The van der Waals surface area contributed by atoms with Crippen molar-refractivity contribution in [3.63, 3.8) is 0 Å². The van der Waals surface area contributed by atoms with Gasteiger partial charge in [-0.05, 0) is 54.6 Å². The van der Waals surface area contributed by atoms with Gasteiger partial charge >= 0.3 is 0 Å². The van der Waals surface area contributed by atoms with E-state index in [4.69, 9.17) is 24.9 Å². The summed E-state index contributed by atoms with van der Waals surface area (Å²) in [6.45, 7) is 0. The molecule has 0 radical (unpaired) electrons. The SMILES string of the molecule is c1ccc(-c2nc(-c3ccc4c(c3)c3ccccc3n4-c3ccccc3)nc(-c3cccc4c3sc3cccc(-c5nc(-c6ccccc6)c6sc7ccccc7c6n5)c34)n2)cc1. The third-order valence-corrected chi connectivity index (χ3v) is 14.3. The maximum absolute atomic E-state index is 5.37. The van der Waals surface area contributed by atoms with E-state index in [1.807, 2.05) is 24.3 Å². The summed E-state index contributed by atoms with van der Waals surface area (Å²) in [7, 11) is 0. The lowest BCUT2D eigenvalue weighted by Gasteiger charge is -2.10. The zero-order valence-corrected chi connectivity index (χ0v) is 35.1. The van der Waals surface area contributed by atoms with Crippen LogP contribution in [0.2, 0.25) is 0 Å². The smallest absolute Gasteiger partial charge is 0.165 e. The van der Waals surface area contributed by atoms with Crippen molar-refractivity contribution in [2.45, 2.75) is 0 Å². The van der Waals surface area contributed by atoms with E-state index < -0.39 is 0 Å². The number of thiophene rings is 2. The summed E-state index contributed by atoms with van der Waals surface area (Å²) in [6.07, 6.45) is 0. The molecule has 0 N–H and O–H groups in total. The van der Waals surface area contributed by atoms with Crippen LogP contribution in [-0.2, 0) is 0 Å². The van der Waals surface area contributed by atoms with E-state index >= 15 is 0 Å². The van der Waals surface area contributed by atoms with Crippen molar-refractivity contribution in [2.75, 3.05) is 0 Å². The number of rotatable bonds is 6. The van der Waals surface area contributed by atoms with Gasteiger partial charge < -0.3 is 4.57 Å². The summed E-state index contributed by atoms with van der Waals surface area (Å²) < 4.78 is 6.87. The Kier molecular flexibility index (Phi) is 8.15. The molecule has 5 aromatic heterocycles. The number of aromatic nitrogens is 6. The molecule has 0 saturated heterocycles. The molecule has 13 rings (SSSR count). The van der Waals surface area contributed by atoms with Crippen LogP contribution in [0.3, 0.4) is 0 Å². The van der Waals surface area contributed by atoms with Gasteiger partial charge in [0.2, 0.25) is 0 Å². The van der Waals surface area contributed by atoms with Crippen molar-refractivity contribution in [2.24, 2.45) is 0 Å². The Hall–Kier alpha value is -7.91. The van der Waals surface area contributed by atoms with E-state index in [1.165, 1.54) is 10.1 Å². The first-order valence-corrected chi connectivity index (χ1v) is 22.5. The molecular formula is C55H32N6S2. The van der Waals surface area contributed by atoms with Gasteiger partial charge in [-0.3, -0.25) is 0 Å². The topological polar surface area (TPSA) is 69.4 Å². The molecular weight excluding hydrogens is 809 g/mol. The lowest BCUT2D eigenvalue weighted by Crippen LogP contribution is -2.00. The van der Waals surface area contributed by atoms with Gasteiger partial charge in [0.25, 0.3) is 0 Å². The minimum atomic E-state index is 0.620. The van der Waals surface area contributed by atoms with E-state index in [0.717, 1.165) is 91.4 Å². The Labute approximate surface area is 369 Å². The summed E-state index contributed by atoms with van der Waals surface area (Å²) in [6, 6.07) is 67.8. The average molecular weight is 841 g/mol. The molecule has 8 aromatic carbocycles. The molecule has 0 aliphatic rings. The number of hydrogen-bond acceptors (Lipinski definition) is 7. The molecule has 63 heavy (non-hydrogen) atoms. The molecule has 294 valence electrons. The Morgan fingerprint density at radius 2 is 0.937 bits per heavy atom. The summed E-state index contributed by atoms with van der Waals surface area (Å²) in [4.78, 5) is 26.4. The molecule has 0 unspecified atom stereocenters. The summed E-state index contributed by atoms with van der Waals surface area (Å²) in [5.74, 6) is 2.57. The third-order valence-electron chi connectivity index (χ3n) is 11.9. The van der Waals surface area contributed by atoms with Gasteiger partial charge in [0.1, 0.15) is 0 Å². The molecule has 0 amide bonds. The second-order valence-corrected chi connectivity index (χ2v) is 17.7. The van der Waals surface area contributed by atoms with E-state index in [1.54, 1.807) is 22.7 Å². The molecule has 0 aliphatic carbocycles. The quantitative estimate of drug-likeness (QED) is 0.167. The van der Waals surface area contributed by atoms with Crippen LogP contribution in [0.4, 0.5) is 0 Å². The van der Waals surface area contributed by atoms with E-state index in [-0.39, 0.29) is 0 Å². The molecule has 0 spiro atoms. The first kappa shape index (κ1) is 35.8. The largest absolute Gasteiger partial charge is 0.309 e. The van der Waals surface area contributed by atoms with Gasteiger partial charge in [0.05, 0.1) is 26.9 Å². The molecule has 0 bridgehead atoms. The minimum Gasteiger partial charge on any atom is -0.309 e. The lowest BCUT2D eigenvalue weighted by atomic mass is 10.0. The van der Waals surface area contributed by atoms with Crippen molar-refractivity contribution < 1.29 is 0 Å². The van der Waals surface area contributed by atoms with Crippen LogP contribution in [0.5, 0.6) is 0 Å². The average Bonchev–Trinajstić information content (AvgIpc) is 4.04. The maximum atomic E-state index is 5.37. The monoisotopic (exact) mass is 840 g/mol. The zero-order valence-electron chi connectivity index (χ0n) is 33.5. The Morgan fingerprint density at radius 3 is 1.76 bits per heavy atom. The fraction of sp³-hybridized carbons (Fsp3) is 0. The predicted octanol–water partition coefficient (Wildman–Crippen LogP) is 14.8. The van der Waals surface area contributed by atoms with Crippen molar-refractivity contribution >= 4 is 85.0 Å². The highest BCUT2D eigenvalue weighted by Gasteiger charge is 2.22. The van der Waals surface area contributed by atoms with Crippen molar-refractivity contribution in [3.05, 3.63) is 194 Å². The van der Waals surface area contributed by atoms with Crippen LogP contribution in [0.25, 0.3) is 125 Å². The van der Waals surface area contributed by atoms with Gasteiger partial charge in [-0.25, -0.2) is 24.9 Å². The maximum Gasteiger partial charge on any atom is 0.165 e. The van der Waals surface area contributed by atoms with E-state index in [9.17, 15) is 0 Å². The first-order chi connectivity index (χ1) is 31.2. The highest BCUT2D eigenvalue weighted by Crippen LogP contribution is 2.45. The molecule has 13 aromatic rings. The molecule has 6 nitrogen and oxygen atoms in total. The second kappa shape index (κ2) is 14.3. The normalized spacial score (nSPS) is 11.8. The summed E-state index contributed by atoms with van der Waals surface area (Å²) >= 11 is 3.50. The fourth-order valence-electron chi connectivity index (χ4n) is 9.02. The van der Waals surface area contributed by atoms with Crippen LogP contribution in [-0.4, -0.2) is 29.5 Å². The Bertz CT molecular complexity index is 3910. The van der Waals surface area contributed by atoms with E-state index in [2.05, 4.69) is 174 Å². The number of hydrogen-bond donors (Lipinski definition) is 0. The van der Waals surface area contributed by atoms with Crippen LogP contribution in [0.1, 0.15) is 0 Å². The van der Waals surface area contributed by atoms with Crippen LogP contribution in [0.15, 0.2) is 194 Å². The molecule has 0 fully saturated rings. The molecule has 5 heterocycles. The molecule has 8 heteroatoms. The predicted molar refractivity (Wildman–Crippen MR) is 263 cm³/mol. The van der Waals surface area contributed by atoms with Crippen LogP contribution >= 0.6 is 22.7 Å². The van der Waals surface area contributed by atoms with E-state index in [0.29, 0.717) is 23.3 Å². The third kappa shape index (κ3) is 5.80. The Morgan fingerprint density at radius 1 is 0.349 bits per heavy atom. The van der Waals surface area contributed by atoms with Crippen LogP contribution in [0, 0.1) is 0 Å². The van der Waals surface area contributed by atoms with Crippen molar-refractivity contribution in [3.8, 4) is 62.5 Å². The highest BCUT2D eigenvalue weighted by molar-refractivity contribution is 7.26. The fourth-order valence-corrected chi connectivity index (χ4v) is 11.4. The Balaban J connectivity index is 1.01. The number of benzene rings is 8. The number of nitrogens with zero attached hydrogens (tertiary/aromatic N) is 6. The molecule has 0 saturated carbocycles. The highest BCUT2D eigenvalue weighted by atomic mass is 32.1. The molecule has 0 aliphatic heterocycles. The molecule has 0 atom stereocenters. The van der Waals surface area contributed by atoms with Crippen molar-refractivity contribution in [1.82, 2.24) is 29.5 Å². The summed E-state index contributed by atoms with van der Waals surface area (Å²) in [5.41, 5.74) is 10.2. The minimum absolute atomic E-state index is 0.620.